The van der Waals surface area contributed by atoms with Crippen LogP contribution in [0.25, 0.3) is 0 Å². The van der Waals surface area contributed by atoms with E-state index in [0.717, 1.165) is 16.8 Å². The zero-order valence-corrected chi connectivity index (χ0v) is 20.8. The van der Waals surface area contributed by atoms with E-state index in [1.165, 1.54) is 14.2 Å². The van der Waals surface area contributed by atoms with E-state index in [9.17, 15) is 9.59 Å². The molecule has 9 heteroatoms. The van der Waals surface area contributed by atoms with Crippen LogP contribution in [0.15, 0.2) is 47.5 Å². The molecule has 8 nitrogen and oxygen atoms in total. The maximum Gasteiger partial charge on any atom is 0.341 e. The minimum Gasteiger partial charge on any atom is -0.496 e. The maximum atomic E-state index is 12.0. The van der Waals surface area contributed by atoms with Crippen LogP contribution < -0.4 is 20.7 Å². The lowest BCUT2D eigenvalue weighted by atomic mass is 9.90. The Labute approximate surface area is 205 Å². The molecule has 0 fully saturated rings. The van der Waals surface area contributed by atoms with Crippen molar-refractivity contribution in [2.75, 3.05) is 32.6 Å². The summed E-state index contributed by atoms with van der Waals surface area (Å²) in [6, 6.07) is 13.2. The topological polar surface area (TPSA) is 101 Å². The van der Waals surface area contributed by atoms with E-state index in [1.54, 1.807) is 12.1 Å². The SMILES string of the molecule is CCNC(=NCc1ccc(OC)c(C(=O)OC)c1)NCC1CC(=O)Nc2ccccc21.I. The quantitative estimate of drug-likeness (QED) is 0.211. The molecule has 0 bridgehead atoms. The number of hydrogen-bond donors (Lipinski definition) is 3. The first-order valence-corrected chi connectivity index (χ1v) is 10.2. The number of carbonyl (C=O) groups excluding carboxylic acids is 2. The van der Waals surface area contributed by atoms with Gasteiger partial charge >= 0.3 is 5.97 Å². The fraction of sp³-hybridized carbons (Fsp3) is 0.348. The Morgan fingerprint density at radius 1 is 1.19 bits per heavy atom. The summed E-state index contributed by atoms with van der Waals surface area (Å²) < 4.78 is 10.1. The Kier molecular flexibility index (Phi) is 9.76. The van der Waals surface area contributed by atoms with Crippen LogP contribution in [0, 0.1) is 0 Å². The predicted octanol–water partition coefficient (Wildman–Crippen LogP) is 3.28. The summed E-state index contributed by atoms with van der Waals surface area (Å²) in [4.78, 5) is 28.7. The molecule has 1 atom stereocenters. The number of ether oxygens (including phenoxy) is 2. The molecule has 0 aliphatic carbocycles. The smallest absolute Gasteiger partial charge is 0.341 e. The molecule has 3 N–H and O–H groups in total. The van der Waals surface area contributed by atoms with Gasteiger partial charge in [-0.1, -0.05) is 24.3 Å². The van der Waals surface area contributed by atoms with Crippen molar-refractivity contribution in [2.24, 2.45) is 4.99 Å². The second kappa shape index (κ2) is 12.3. The lowest BCUT2D eigenvalue weighted by Gasteiger charge is -2.26. The minimum absolute atomic E-state index is 0. The number of amides is 1. The Morgan fingerprint density at radius 3 is 2.69 bits per heavy atom. The summed E-state index contributed by atoms with van der Waals surface area (Å²) in [5.74, 6) is 0.712. The summed E-state index contributed by atoms with van der Waals surface area (Å²) in [5, 5.41) is 9.47. The molecule has 3 rings (SSSR count). The van der Waals surface area contributed by atoms with Gasteiger partial charge in [-0.3, -0.25) is 4.79 Å². The van der Waals surface area contributed by atoms with Crippen molar-refractivity contribution in [1.29, 1.82) is 0 Å². The molecule has 2 aromatic carbocycles. The van der Waals surface area contributed by atoms with Gasteiger partial charge in [0.2, 0.25) is 5.91 Å². The molecule has 1 unspecified atom stereocenters. The van der Waals surface area contributed by atoms with Gasteiger partial charge in [0.15, 0.2) is 5.96 Å². The summed E-state index contributed by atoms with van der Waals surface area (Å²) in [6.07, 6.45) is 0.421. The monoisotopic (exact) mass is 552 g/mol. The highest BCUT2D eigenvalue weighted by atomic mass is 127. The summed E-state index contributed by atoms with van der Waals surface area (Å²) in [6.45, 7) is 3.63. The molecule has 0 aromatic heterocycles. The van der Waals surface area contributed by atoms with Crippen LogP contribution in [-0.4, -0.2) is 45.1 Å². The predicted molar refractivity (Wildman–Crippen MR) is 135 cm³/mol. The fourth-order valence-electron chi connectivity index (χ4n) is 3.54. The van der Waals surface area contributed by atoms with Gasteiger partial charge < -0.3 is 25.4 Å². The van der Waals surface area contributed by atoms with Gasteiger partial charge in [0.25, 0.3) is 0 Å². The molecular weight excluding hydrogens is 523 g/mol. The number of guanidine groups is 1. The van der Waals surface area contributed by atoms with Crippen LogP contribution in [0.3, 0.4) is 0 Å². The number of fused-ring (bicyclic) bond motifs is 1. The van der Waals surface area contributed by atoms with E-state index >= 15 is 0 Å². The van der Waals surface area contributed by atoms with E-state index in [4.69, 9.17) is 9.47 Å². The van der Waals surface area contributed by atoms with Gasteiger partial charge in [-0.25, -0.2) is 9.79 Å². The number of halogens is 1. The summed E-state index contributed by atoms with van der Waals surface area (Å²) in [5.41, 5.74) is 3.19. The zero-order chi connectivity index (χ0) is 22.2. The third-order valence-corrected chi connectivity index (χ3v) is 5.06. The van der Waals surface area contributed by atoms with E-state index in [0.29, 0.717) is 43.3 Å². The van der Waals surface area contributed by atoms with Crippen molar-refractivity contribution in [3.05, 3.63) is 59.2 Å². The maximum absolute atomic E-state index is 12.0. The fourth-order valence-corrected chi connectivity index (χ4v) is 3.54. The standard InChI is InChI=1S/C23H28N4O4.HI/c1-4-24-23(25-13-15-9-10-20(30-2)18(11-15)22(29)31-3)26-14-16-12-21(28)27-19-8-6-5-7-17(16)19;/h5-11,16H,4,12-14H2,1-3H3,(H,27,28)(H2,24,25,26);1H. The number of rotatable bonds is 7. The van der Waals surface area contributed by atoms with Crippen LogP contribution in [-0.2, 0) is 16.1 Å². The molecule has 0 radical (unpaired) electrons. The molecular formula is C23H29IN4O4. The number of benzene rings is 2. The Morgan fingerprint density at radius 2 is 1.97 bits per heavy atom. The van der Waals surface area contributed by atoms with Gasteiger partial charge in [0.1, 0.15) is 11.3 Å². The zero-order valence-electron chi connectivity index (χ0n) is 18.4. The number of anilines is 1. The van der Waals surface area contributed by atoms with Gasteiger partial charge in [-0.05, 0) is 36.2 Å². The van der Waals surface area contributed by atoms with E-state index in [-0.39, 0.29) is 35.8 Å². The lowest BCUT2D eigenvalue weighted by Crippen LogP contribution is -2.40. The van der Waals surface area contributed by atoms with Gasteiger partial charge in [-0.2, -0.15) is 0 Å². The van der Waals surface area contributed by atoms with E-state index < -0.39 is 5.97 Å². The molecule has 1 amide bonds. The van der Waals surface area contributed by atoms with Crippen LogP contribution in [0.1, 0.15) is 40.7 Å². The second-order valence-electron chi connectivity index (χ2n) is 7.14. The number of methoxy groups -OCH3 is 2. The average Bonchev–Trinajstić information content (AvgIpc) is 2.79. The number of para-hydroxylation sites is 1. The third kappa shape index (κ3) is 6.35. The normalized spacial score (nSPS) is 15.0. The highest BCUT2D eigenvalue weighted by molar-refractivity contribution is 14.0. The molecule has 0 spiro atoms. The molecule has 0 saturated heterocycles. The van der Waals surface area contributed by atoms with Crippen LogP contribution >= 0.6 is 24.0 Å². The Bertz CT molecular complexity index is 980. The largest absolute Gasteiger partial charge is 0.496 e. The van der Waals surface area contributed by atoms with Crippen LogP contribution in [0.2, 0.25) is 0 Å². The summed E-state index contributed by atoms with van der Waals surface area (Å²) >= 11 is 0. The Hall–Kier alpha value is -2.82. The van der Waals surface area contributed by atoms with Crippen LogP contribution in [0.5, 0.6) is 5.75 Å². The molecule has 0 saturated carbocycles. The second-order valence-corrected chi connectivity index (χ2v) is 7.14. The number of esters is 1. The molecule has 172 valence electrons. The molecule has 1 aliphatic rings. The van der Waals surface area contributed by atoms with Crippen molar-refractivity contribution in [1.82, 2.24) is 10.6 Å². The number of nitrogens with zero attached hydrogens (tertiary/aromatic N) is 1. The summed E-state index contributed by atoms with van der Waals surface area (Å²) in [7, 11) is 2.85. The first-order valence-electron chi connectivity index (χ1n) is 10.2. The molecule has 1 heterocycles. The molecule has 32 heavy (non-hydrogen) atoms. The van der Waals surface area contributed by atoms with Crippen molar-refractivity contribution < 1.29 is 19.1 Å². The average molecular weight is 552 g/mol. The first-order chi connectivity index (χ1) is 15.0. The van der Waals surface area contributed by atoms with Crippen molar-refractivity contribution in [3.63, 3.8) is 0 Å². The number of aliphatic imine (C=N–C) groups is 1. The van der Waals surface area contributed by atoms with Gasteiger partial charge in [0.05, 0.1) is 20.8 Å². The van der Waals surface area contributed by atoms with Gasteiger partial charge in [-0.15, -0.1) is 24.0 Å². The van der Waals surface area contributed by atoms with Crippen LogP contribution in [0.4, 0.5) is 5.69 Å². The highest BCUT2D eigenvalue weighted by Gasteiger charge is 2.24. The number of hydrogen-bond acceptors (Lipinski definition) is 5. The number of nitrogens with one attached hydrogen (secondary N) is 3. The van der Waals surface area contributed by atoms with E-state index in [2.05, 4.69) is 20.9 Å². The van der Waals surface area contributed by atoms with E-state index in [1.807, 2.05) is 37.3 Å². The number of carbonyl (C=O) groups is 2. The molecule has 2 aromatic rings. The van der Waals surface area contributed by atoms with Gasteiger partial charge in [0, 0.05) is 31.1 Å². The lowest BCUT2D eigenvalue weighted by molar-refractivity contribution is -0.116. The first kappa shape index (κ1) is 25.4. The van der Waals surface area contributed by atoms with Crippen molar-refractivity contribution in [3.8, 4) is 5.75 Å². The van der Waals surface area contributed by atoms with Crippen molar-refractivity contribution >= 4 is 47.5 Å². The molecule has 1 aliphatic heterocycles. The van der Waals surface area contributed by atoms with Crippen molar-refractivity contribution in [2.45, 2.75) is 25.8 Å². The third-order valence-electron chi connectivity index (χ3n) is 5.06. The Balaban J connectivity index is 0.00000363. The minimum atomic E-state index is -0.457. The highest BCUT2D eigenvalue weighted by Crippen LogP contribution is 2.31.